The number of hydrogen-bond acceptors (Lipinski definition) is 3. The molecule has 3 nitrogen and oxygen atoms in total. The van der Waals surface area contributed by atoms with Crippen LogP contribution in [0, 0.1) is 0 Å². The molecule has 0 amide bonds. The number of allylic oxidation sites excluding steroid dienone is 1. The van der Waals surface area contributed by atoms with E-state index >= 15 is 0 Å². The Bertz CT molecular complexity index is 615. The SMILES string of the molecule is COC(/C=C\c1ccc(O)cc1)=C/C(N)c1ccccc1. The molecule has 1 unspecified atom stereocenters. The third-order valence-electron chi connectivity index (χ3n) is 3.10. The van der Waals surface area contributed by atoms with Crippen molar-refractivity contribution >= 4 is 6.08 Å². The Kier molecular flexibility index (Phi) is 5.18. The van der Waals surface area contributed by atoms with Gasteiger partial charge < -0.3 is 15.6 Å². The highest BCUT2D eigenvalue weighted by Gasteiger charge is 2.03. The molecule has 3 heteroatoms. The number of methoxy groups -OCH3 is 1. The molecule has 0 aliphatic heterocycles. The lowest BCUT2D eigenvalue weighted by Gasteiger charge is -2.09. The zero-order chi connectivity index (χ0) is 15.1. The highest BCUT2D eigenvalue weighted by molar-refractivity contribution is 5.53. The van der Waals surface area contributed by atoms with E-state index in [9.17, 15) is 5.11 Å². The van der Waals surface area contributed by atoms with Gasteiger partial charge in [0.05, 0.1) is 13.2 Å². The van der Waals surface area contributed by atoms with E-state index in [1.54, 1.807) is 19.2 Å². The minimum absolute atomic E-state index is 0.217. The Morgan fingerprint density at radius 1 is 1.10 bits per heavy atom. The largest absolute Gasteiger partial charge is 0.508 e. The van der Waals surface area contributed by atoms with E-state index in [0.29, 0.717) is 5.76 Å². The van der Waals surface area contributed by atoms with Gasteiger partial charge in [-0.05, 0) is 35.4 Å². The van der Waals surface area contributed by atoms with Crippen LogP contribution >= 0.6 is 0 Å². The first-order valence-corrected chi connectivity index (χ1v) is 6.72. The van der Waals surface area contributed by atoms with E-state index in [1.807, 2.05) is 60.7 Å². The molecule has 0 heterocycles. The zero-order valence-electron chi connectivity index (χ0n) is 11.9. The van der Waals surface area contributed by atoms with Gasteiger partial charge >= 0.3 is 0 Å². The van der Waals surface area contributed by atoms with Crippen molar-refractivity contribution < 1.29 is 9.84 Å². The van der Waals surface area contributed by atoms with Gasteiger partial charge in [-0.2, -0.15) is 0 Å². The summed E-state index contributed by atoms with van der Waals surface area (Å²) in [5.41, 5.74) is 8.15. The Morgan fingerprint density at radius 2 is 1.76 bits per heavy atom. The highest BCUT2D eigenvalue weighted by Crippen LogP contribution is 2.16. The van der Waals surface area contributed by atoms with Crippen LogP contribution in [0.1, 0.15) is 17.2 Å². The molecule has 0 aromatic heterocycles. The molecule has 3 N–H and O–H groups in total. The molecule has 2 aromatic carbocycles. The number of phenols is 1. The van der Waals surface area contributed by atoms with Gasteiger partial charge in [0.25, 0.3) is 0 Å². The Morgan fingerprint density at radius 3 is 2.38 bits per heavy atom. The van der Waals surface area contributed by atoms with E-state index in [0.717, 1.165) is 11.1 Å². The molecule has 21 heavy (non-hydrogen) atoms. The van der Waals surface area contributed by atoms with Crippen LogP contribution in [-0.4, -0.2) is 12.2 Å². The molecule has 108 valence electrons. The van der Waals surface area contributed by atoms with Crippen LogP contribution in [0.15, 0.2) is 72.5 Å². The monoisotopic (exact) mass is 281 g/mol. The number of ether oxygens (including phenoxy) is 1. The van der Waals surface area contributed by atoms with E-state index in [2.05, 4.69) is 0 Å². The first-order valence-electron chi connectivity index (χ1n) is 6.72. The molecule has 2 aromatic rings. The van der Waals surface area contributed by atoms with Gasteiger partial charge in [-0.3, -0.25) is 0 Å². The van der Waals surface area contributed by atoms with Crippen molar-refractivity contribution in [1.29, 1.82) is 0 Å². The lowest BCUT2D eigenvalue weighted by molar-refractivity contribution is 0.304. The van der Waals surface area contributed by atoms with E-state index < -0.39 is 0 Å². The number of hydrogen-bond donors (Lipinski definition) is 2. The first-order chi connectivity index (χ1) is 10.2. The molecular weight excluding hydrogens is 262 g/mol. The van der Waals surface area contributed by atoms with Crippen molar-refractivity contribution in [1.82, 2.24) is 0 Å². The third-order valence-corrected chi connectivity index (χ3v) is 3.10. The van der Waals surface area contributed by atoms with Crippen LogP contribution in [0.5, 0.6) is 5.75 Å². The average molecular weight is 281 g/mol. The fourth-order valence-corrected chi connectivity index (χ4v) is 1.90. The second kappa shape index (κ2) is 7.31. The summed E-state index contributed by atoms with van der Waals surface area (Å²) >= 11 is 0. The highest BCUT2D eigenvalue weighted by atomic mass is 16.5. The smallest absolute Gasteiger partial charge is 0.116 e. The van der Waals surface area contributed by atoms with Crippen molar-refractivity contribution in [2.75, 3.05) is 7.11 Å². The molecule has 0 aliphatic carbocycles. The van der Waals surface area contributed by atoms with Gasteiger partial charge in [-0.25, -0.2) is 0 Å². The van der Waals surface area contributed by atoms with Crippen molar-refractivity contribution in [2.45, 2.75) is 6.04 Å². The number of aromatic hydroxyl groups is 1. The van der Waals surface area contributed by atoms with Gasteiger partial charge in [0.15, 0.2) is 0 Å². The molecule has 1 atom stereocenters. The summed E-state index contributed by atoms with van der Waals surface area (Å²) in [6, 6.07) is 16.6. The number of nitrogens with two attached hydrogens (primary N) is 1. The molecular formula is C18H19NO2. The fourth-order valence-electron chi connectivity index (χ4n) is 1.90. The molecule has 2 rings (SSSR count). The standard InChI is InChI=1S/C18H19NO2/c1-21-17(12-9-14-7-10-16(20)11-8-14)13-18(19)15-5-3-2-4-6-15/h2-13,18,20H,19H2,1H3/b12-9-,17-13+. The van der Waals surface area contributed by atoms with Crippen LogP contribution < -0.4 is 5.73 Å². The van der Waals surface area contributed by atoms with Crippen LogP contribution in [0.4, 0.5) is 0 Å². The second-order valence-electron chi connectivity index (χ2n) is 4.63. The number of rotatable bonds is 5. The van der Waals surface area contributed by atoms with Gasteiger partial charge in [0, 0.05) is 0 Å². The van der Waals surface area contributed by atoms with Gasteiger partial charge in [0.1, 0.15) is 11.5 Å². The lowest BCUT2D eigenvalue weighted by atomic mass is 10.1. The van der Waals surface area contributed by atoms with Crippen molar-refractivity contribution in [3.63, 3.8) is 0 Å². The lowest BCUT2D eigenvalue weighted by Crippen LogP contribution is -2.07. The molecule has 0 fully saturated rings. The summed E-state index contributed by atoms with van der Waals surface area (Å²) in [5.74, 6) is 0.945. The van der Waals surface area contributed by atoms with Crippen molar-refractivity contribution in [3.05, 3.63) is 83.6 Å². The predicted octanol–water partition coefficient (Wildman–Crippen LogP) is 3.64. The fraction of sp³-hybridized carbons (Fsp3) is 0.111. The van der Waals surface area contributed by atoms with Crippen LogP contribution in [0.2, 0.25) is 0 Å². The van der Waals surface area contributed by atoms with Crippen LogP contribution in [0.3, 0.4) is 0 Å². The van der Waals surface area contributed by atoms with Crippen molar-refractivity contribution in [3.8, 4) is 5.75 Å². The molecule has 0 bridgehead atoms. The van der Waals surface area contributed by atoms with Crippen LogP contribution in [0.25, 0.3) is 6.08 Å². The summed E-state index contributed by atoms with van der Waals surface area (Å²) in [6.45, 7) is 0. The third kappa shape index (κ3) is 4.51. The van der Waals surface area contributed by atoms with E-state index in [-0.39, 0.29) is 11.8 Å². The maximum atomic E-state index is 9.25. The van der Waals surface area contributed by atoms with E-state index in [4.69, 9.17) is 10.5 Å². The normalized spacial score (nSPS) is 13.3. The summed E-state index contributed by atoms with van der Waals surface area (Å²) in [6.07, 6.45) is 5.63. The predicted molar refractivity (Wildman–Crippen MR) is 85.6 cm³/mol. The summed E-state index contributed by atoms with van der Waals surface area (Å²) in [4.78, 5) is 0. The van der Waals surface area contributed by atoms with Crippen molar-refractivity contribution in [2.24, 2.45) is 5.73 Å². The van der Waals surface area contributed by atoms with Gasteiger partial charge in [0.2, 0.25) is 0 Å². The number of phenolic OH excluding ortho intramolecular Hbond substituents is 1. The molecule has 0 spiro atoms. The minimum Gasteiger partial charge on any atom is -0.508 e. The molecule has 0 saturated carbocycles. The average Bonchev–Trinajstić information content (AvgIpc) is 2.53. The maximum absolute atomic E-state index is 9.25. The Hall–Kier alpha value is -2.52. The maximum Gasteiger partial charge on any atom is 0.116 e. The summed E-state index contributed by atoms with van der Waals surface area (Å²) in [5, 5.41) is 9.25. The number of benzene rings is 2. The first kappa shape index (κ1) is 14.9. The summed E-state index contributed by atoms with van der Waals surface area (Å²) in [7, 11) is 1.62. The van der Waals surface area contributed by atoms with Gasteiger partial charge in [-0.1, -0.05) is 48.5 Å². The summed E-state index contributed by atoms with van der Waals surface area (Å²) < 4.78 is 5.33. The minimum atomic E-state index is -0.217. The van der Waals surface area contributed by atoms with E-state index in [1.165, 1.54) is 0 Å². The van der Waals surface area contributed by atoms with Crippen LogP contribution in [-0.2, 0) is 4.74 Å². The Balaban J connectivity index is 2.12. The topological polar surface area (TPSA) is 55.5 Å². The van der Waals surface area contributed by atoms with Gasteiger partial charge in [-0.15, -0.1) is 0 Å². The molecule has 0 saturated heterocycles. The Labute approximate surface area is 125 Å². The quantitative estimate of drug-likeness (QED) is 0.650. The zero-order valence-corrected chi connectivity index (χ0v) is 11.9. The molecule has 0 radical (unpaired) electrons. The molecule has 0 aliphatic rings. The second-order valence-corrected chi connectivity index (χ2v) is 4.63.